The topological polar surface area (TPSA) is 23.5 Å². The number of phenols is 1. The fourth-order valence-electron chi connectivity index (χ4n) is 2.84. The molecule has 0 atom stereocenters. The van der Waals surface area contributed by atoms with Gasteiger partial charge in [-0.25, -0.2) is 0 Å². The minimum atomic E-state index is 0.189. The van der Waals surface area contributed by atoms with Crippen molar-refractivity contribution < 1.29 is 5.11 Å². The number of phenolic OH excluding ortho intramolecular Hbond substituents is 1. The Balaban J connectivity index is 2.02. The zero-order valence-electron chi connectivity index (χ0n) is 11.0. The van der Waals surface area contributed by atoms with Gasteiger partial charge < -0.3 is 5.11 Å². The number of hydrogen-bond donors (Lipinski definition) is 1. The van der Waals surface area contributed by atoms with E-state index >= 15 is 0 Å². The fourth-order valence-corrected chi connectivity index (χ4v) is 2.95. The first-order valence-corrected chi connectivity index (χ1v) is 7.30. The molecular weight excluding hydrogens is 246 g/mol. The number of aromatic hydroxyl groups is 1. The van der Waals surface area contributed by atoms with Crippen molar-refractivity contribution in [3.63, 3.8) is 0 Å². The average Bonchev–Trinajstić information content (AvgIpc) is 2.41. The summed E-state index contributed by atoms with van der Waals surface area (Å²) < 4.78 is 0. The maximum atomic E-state index is 9.65. The Kier molecular flexibility index (Phi) is 4.90. The summed E-state index contributed by atoms with van der Waals surface area (Å²) in [4.78, 5) is 2.52. The van der Waals surface area contributed by atoms with Gasteiger partial charge >= 0.3 is 0 Å². The van der Waals surface area contributed by atoms with E-state index in [0.717, 1.165) is 18.7 Å². The molecule has 100 valence electrons. The predicted octanol–water partition coefficient (Wildman–Crippen LogP) is 4.20. The summed E-state index contributed by atoms with van der Waals surface area (Å²) in [7, 11) is 0. The van der Waals surface area contributed by atoms with Gasteiger partial charge in [0, 0.05) is 12.6 Å². The zero-order valence-corrected chi connectivity index (χ0v) is 11.8. The summed E-state index contributed by atoms with van der Waals surface area (Å²) in [6.45, 7) is 4.18. The average molecular weight is 268 g/mol. The van der Waals surface area contributed by atoms with E-state index < -0.39 is 0 Å². The van der Waals surface area contributed by atoms with E-state index in [4.69, 9.17) is 11.6 Å². The van der Waals surface area contributed by atoms with E-state index in [0.29, 0.717) is 11.1 Å². The molecule has 0 unspecified atom stereocenters. The monoisotopic (exact) mass is 267 g/mol. The Morgan fingerprint density at radius 2 is 2.00 bits per heavy atom. The van der Waals surface area contributed by atoms with Gasteiger partial charge in [-0.2, -0.15) is 0 Å². The van der Waals surface area contributed by atoms with Crippen LogP contribution in [0, 0.1) is 0 Å². The van der Waals surface area contributed by atoms with Crippen LogP contribution in [0.5, 0.6) is 5.75 Å². The van der Waals surface area contributed by atoms with Crippen molar-refractivity contribution in [3.05, 3.63) is 28.8 Å². The highest BCUT2D eigenvalue weighted by Gasteiger charge is 2.19. The molecule has 0 bridgehead atoms. The SMILES string of the molecule is CCN(Cc1ccc(Cl)c(O)c1)C1CCCCC1. The summed E-state index contributed by atoms with van der Waals surface area (Å²) in [5, 5.41) is 10.1. The van der Waals surface area contributed by atoms with Crippen LogP contribution in [-0.4, -0.2) is 22.6 Å². The highest BCUT2D eigenvalue weighted by atomic mass is 35.5. The normalized spacial score (nSPS) is 17.3. The van der Waals surface area contributed by atoms with Gasteiger partial charge in [0.25, 0.3) is 0 Å². The van der Waals surface area contributed by atoms with Crippen molar-refractivity contribution in [2.75, 3.05) is 6.54 Å². The van der Waals surface area contributed by atoms with Crippen LogP contribution in [0.25, 0.3) is 0 Å². The van der Waals surface area contributed by atoms with Crippen LogP contribution in [0.15, 0.2) is 18.2 Å². The Hall–Kier alpha value is -0.730. The number of hydrogen-bond acceptors (Lipinski definition) is 2. The molecule has 18 heavy (non-hydrogen) atoms. The van der Waals surface area contributed by atoms with Gasteiger partial charge in [-0.05, 0) is 37.1 Å². The smallest absolute Gasteiger partial charge is 0.134 e. The van der Waals surface area contributed by atoms with Crippen molar-refractivity contribution in [1.82, 2.24) is 4.90 Å². The second-order valence-electron chi connectivity index (χ2n) is 5.14. The highest BCUT2D eigenvalue weighted by molar-refractivity contribution is 6.31. The van der Waals surface area contributed by atoms with Gasteiger partial charge in [-0.1, -0.05) is 43.9 Å². The van der Waals surface area contributed by atoms with Crippen LogP contribution >= 0.6 is 11.6 Å². The van der Waals surface area contributed by atoms with Crippen LogP contribution in [-0.2, 0) is 6.54 Å². The van der Waals surface area contributed by atoms with Crippen molar-refractivity contribution in [2.45, 2.75) is 51.6 Å². The molecule has 2 nitrogen and oxygen atoms in total. The molecule has 0 saturated heterocycles. The molecule has 3 heteroatoms. The first-order chi connectivity index (χ1) is 8.70. The number of benzene rings is 1. The van der Waals surface area contributed by atoms with Gasteiger partial charge in [-0.3, -0.25) is 4.90 Å². The molecule has 1 N–H and O–H groups in total. The molecule has 0 aromatic heterocycles. The lowest BCUT2D eigenvalue weighted by Crippen LogP contribution is -2.36. The molecule has 0 heterocycles. The first kappa shape index (κ1) is 13.7. The van der Waals surface area contributed by atoms with E-state index in [1.807, 2.05) is 6.07 Å². The van der Waals surface area contributed by atoms with Gasteiger partial charge in [0.05, 0.1) is 5.02 Å². The van der Waals surface area contributed by atoms with Gasteiger partial charge in [-0.15, -0.1) is 0 Å². The third kappa shape index (κ3) is 3.39. The number of nitrogens with zero attached hydrogens (tertiary/aromatic N) is 1. The van der Waals surface area contributed by atoms with Crippen molar-refractivity contribution in [2.24, 2.45) is 0 Å². The minimum Gasteiger partial charge on any atom is -0.506 e. The second-order valence-corrected chi connectivity index (χ2v) is 5.55. The molecule has 1 fully saturated rings. The third-order valence-electron chi connectivity index (χ3n) is 3.89. The van der Waals surface area contributed by atoms with E-state index in [9.17, 15) is 5.11 Å². The molecule has 1 aliphatic carbocycles. The lowest BCUT2D eigenvalue weighted by atomic mass is 9.94. The third-order valence-corrected chi connectivity index (χ3v) is 4.21. The first-order valence-electron chi connectivity index (χ1n) is 6.92. The van der Waals surface area contributed by atoms with E-state index in [2.05, 4.69) is 11.8 Å². The Morgan fingerprint density at radius 1 is 1.28 bits per heavy atom. The van der Waals surface area contributed by atoms with Crippen LogP contribution in [0.1, 0.15) is 44.6 Å². The number of rotatable bonds is 4. The Morgan fingerprint density at radius 3 is 2.61 bits per heavy atom. The quantitative estimate of drug-likeness (QED) is 0.884. The molecule has 1 aromatic rings. The zero-order chi connectivity index (χ0) is 13.0. The van der Waals surface area contributed by atoms with E-state index in [-0.39, 0.29) is 5.75 Å². The molecule has 0 radical (unpaired) electrons. The second kappa shape index (κ2) is 6.44. The molecular formula is C15H22ClNO. The summed E-state index contributed by atoms with van der Waals surface area (Å²) in [5.41, 5.74) is 1.14. The van der Waals surface area contributed by atoms with Crippen LogP contribution in [0.3, 0.4) is 0 Å². The maximum Gasteiger partial charge on any atom is 0.134 e. The van der Waals surface area contributed by atoms with Crippen molar-refractivity contribution >= 4 is 11.6 Å². The van der Waals surface area contributed by atoms with Gasteiger partial charge in [0.15, 0.2) is 0 Å². The predicted molar refractivity (Wildman–Crippen MR) is 76.1 cm³/mol. The maximum absolute atomic E-state index is 9.65. The molecule has 1 aliphatic rings. The lowest BCUT2D eigenvalue weighted by molar-refractivity contribution is 0.156. The molecule has 1 aromatic carbocycles. The summed E-state index contributed by atoms with van der Waals surface area (Å²) in [6.07, 6.45) is 6.72. The highest BCUT2D eigenvalue weighted by Crippen LogP contribution is 2.27. The molecule has 0 spiro atoms. The van der Waals surface area contributed by atoms with Crippen LogP contribution in [0.4, 0.5) is 0 Å². The standard InChI is InChI=1S/C15H22ClNO/c1-2-17(13-6-4-3-5-7-13)11-12-8-9-14(16)15(18)10-12/h8-10,13,18H,2-7,11H2,1H3. The molecule has 0 amide bonds. The summed E-state index contributed by atoms with van der Waals surface area (Å²) in [5.74, 6) is 0.189. The van der Waals surface area contributed by atoms with E-state index in [1.54, 1.807) is 12.1 Å². The van der Waals surface area contributed by atoms with E-state index in [1.165, 1.54) is 32.1 Å². The van der Waals surface area contributed by atoms with Gasteiger partial charge in [0.2, 0.25) is 0 Å². The lowest BCUT2D eigenvalue weighted by Gasteiger charge is -2.33. The fraction of sp³-hybridized carbons (Fsp3) is 0.600. The summed E-state index contributed by atoms with van der Waals surface area (Å²) >= 11 is 5.84. The largest absolute Gasteiger partial charge is 0.506 e. The molecule has 2 rings (SSSR count). The molecule has 1 saturated carbocycles. The Bertz CT molecular complexity index is 388. The van der Waals surface area contributed by atoms with Crippen molar-refractivity contribution in [1.29, 1.82) is 0 Å². The van der Waals surface area contributed by atoms with Crippen molar-refractivity contribution in [3.8, 4) is 5.75 Å². The molecule has 0 aliphatic heterocycles. The Labute approximate surface area is 115 Å². The number of halogens is 1. The van der Waals surface area contributed by atoms with Crippen LogP contribution < -0.4 is 0 Å². The van der Waals surface area contributed by atoms with Crippen LogP contribution in [0.2, 0.25) is 5.02 Å². The summed E-state index contributed by atoms with van der Waals surface area (Å²) in [6, 6.07) is 6.28. The van der Waals surface area contributed by atoms with Gasteiger partial charge in [0.1, 0.15) is 5.75 Å². The minimum absolute atomic E-state index is 0.189.